The molecule has 6 nitrogen and oxygen atoms in total. The summed E-state index contributed by atoms with van der Waals surface area (Å²) in [7, 11) is 0. The maximum atomic E-state index is 12.5. The van der Waals surface area contributed by atoms with Crippen molar-refractivity contribution in [3.05, 3.63) is 54.0 Å². The van der Waals surface area contributed by atoms with Gasteiger partial charge >= 0.3 is 0 Å². The molecule has 3 aromatic heterocycles. The van der Waals surface area contributed by atoms with E-state index >= 15 is 0 Å². The van der Waals surface area contributed by atoms with Crippen molar-refractivity contribution in [1.82, 2.24) is 24.3 Å². The van der Waals surface area contributed by atoms with Gasteiger partial charge < -0.3 is 14.3 Å². The fourth-order valence-electron chi connectivity index (χ4n) is 3.23. The Bertz CT molecular complexity index is 898. The molecular weight excluding hydrogens is 314 g/mol. The Labute approximate surface area is 146 Å². The van der Waals surface area contributed by atoms with Crippen LogP contribution in [-0.4, -0.2) is 30.9 Å². The van der Waals surface area contributed by atoms with E-state index in [0.717, 1.165) is 36.6 Å². The Morgan fingerprint density at radius 1 is 1.24 bits per heavy atom. The average molecular weight is 337 g/mol. The third kappa shape index (κ3) is 3.04. The molecule has 130 valence electrons. The van der Waals surface area contributed by atoms with Crippen molar-refractivity contribution in [2.24, 2.45) is 0 Å². The first-order valence-corrected chi connectivity index (χ1v) is 8.71. The van der Waals surface area contributed by atoms with Crippen LogP contribution in [0.1, 0.15) is 49.2 Å². The molecule has 3 aromatic rings. The number of imidazole rings is 2. The molecule has 1 aliphatic rings. The number of carbonyl (C=O) groups excluding carboxylic acids is 1. The van der Waals surface area contributed by atoms with E-state index in [2.05, 4.69) is 41.8 Å². The number of aryl methyl sites for hydroxylation is 1. The van der Waals surface area contributed by atoms with Crippen LogP contribution in [0.2, 0.25) is 0 Å². The normalized spacial score (nSPS) is 17.5. The summed E-state index contributed by atoms with van der Waals surface area (Å²) in [5.41, 5.74) is 2.38. The topological polar surface area (TPSA) is 64.2 Å². The number of aromatic nitrogens is 4. The highest BCUT2D eigenvalue weighted by atomic mass is 16.2. The van der Waals surface area contributed by atoms with Crippen molar-refractivity contribution in [3.8, 4) is 0 Å². The molecule has 0 radical (unpaired) electrons. The lowest BCUT2D eigenvalue weighted by Crippen LogP contribution is -2.41. The van der Waals surface area contributed by atoms with Crippen molar-refractivity contribution in [3.63, 3.8) is 0 Å². The lowest BCUT2D eigenvalue weighted by Gasteiger charge is -2.24. The molecule has 0 bridgehead atoms. The number of fused-ring (bicyclic) bond motifs is 2. The van der Waals surface area contributed by atoms with E-state index in [1.54, 1.807) is 6.20 Å². The molecule has 0 saturated carbocycles. The zero-order chi connectivity index (χ0) is 17.6. The molecule has 1 amide bonds. The van der Waals surface area contributed by atoms with Gasteiger partial charge in [-0.05, 0) is 18.6 Å². The van der Waals surface area contributed by atoms with Gasteiger partial charge in [-0.25, -0.2) is 9.97 Å². The molecule has 6 heteroatoms. The predicted molar refractivity (Wildman–Crippen MR) is 95.7 cm³/mol. The molecule has 0 unspecified atom stereocenters. The van der Waals surface area contributed by atoms with E-state index in [0.29, 0.717) is 5.69 Å². The van der Waals surface area contributed by atoms with Crippen LogP contribution < -0.4 is 5.32 Å². The summed E-state index contributed by atoms with van der Waals surface area (Å²) in [5.74, 6) is 0.997. The first kappa shape index (κ1) is 15.9. The SMILES string of the molecule is CC(C)(C)c1cn2c(n1)CC[C@@H](NC(=O)c1cn3ccccc3n1)C2. The Morgan fingerprint density at radius 3 is 2.84 bits per heavy atom. The maximum Gasteiger partial charge on any atom is 0.271 e. The molecule has 0 aromatic carbocycles. The van der Waals surface area contributed by atoms with Gasteiger partial charge in [0.2, 0.25) is 0 Å². The first-order valence-electron chi connectivity index (χ1n) is 8.71. The summed E-state index contributed by atoms with van der Waals surface area (Å²) in [4.78, 5) is 21.7. The standard InChI is InChI=1S/C19H23N5O/c1-19(2,3)15-12-24-10-13(7-8-17(24)22-15)20-18(25)14-11-23-9-5-4-6-16(23)21-14/h4-6,9,11-13H,7-8,10H2,1-3H3,(H,20,25)/t13-/m1/s1. The minimum atomic E-state index is -0.117. The molecule has 25 heavy (non-hydrogen) atoms. The first-order chi connectivity index (χ1) is 11.9. The van der Waals surface area contributed by atoms with Crippen LogP contribution in [0.15, 0.2) is 36.8 Å². The molecule has 0 fully saturated rings. The van der Waals surface area contributed by atoms with Crippen molar-refractivity contribution < 1.29 is 4.79 Å². The van der Waals surface area contributed by atoms with E-state index in [-0.39, 0.29) is 17.4 Å². The summed E-state index contributed by atoms with van der Waals surface area (Å²) >= 11 is 0. The van der Waals surface area contributed by atoms with Crippen molar-refractivity contribution in [2.75, 3.05) is 0 Å². The highest BCUT2D eigenvalue weighted by Gasteiger charge is 2.26. The van der Waals surface area contributed by atoms with Crippen LogP contribution in [0.3, 0.4) is 0 Å². The van der Waals surface area contributed by atoms with Gasteiger partial charge in [0, 0.05) is 43.0 Å². The predicted octanol–water partition coefficient (Wildman–Crippen LogP) is 2.57. The van der Waals surface area contributed by atoms with Crippen molar-refractivity contribution >= 4 is 11.6 Å². The third-order valence-electron chi connectivity index (χ3n) is 4.69. The minimum Gasteiger partial charge on any atom is -0.346 e. The molecule has 1 aliphatic heterocycles. The minimum absolute atomic E-state index is 0.0413. The number of carbonyl (C=O) groups is 1. The quantitative estimate of drug-likeness (QED) is 0.782. The molecule has 0 saturated heterocycles. The smallest absolute Gasteiger partial charge is 0.271 e. The zero-order valence-corrected chi connectivity index (χ0v) is 14.9. The zero-order valence-electron chi connectivity index (χ0n) is 14.9. The van der Waals surface area contributed by atoms with Crippen LogP contribution in [0.5, 0.6) is 0 Å². The Balaban J connectivity index is 1.48. The Morgan fingerprint density at radius 2 is 2.08 bits per heavy atom. The lowest BCUT2D eigenvalue weighted by atomic mass is 9.93. The summed E-state index contributed by atoms with van der Waals surface area (Å²) < 4.78 is 4.04. The van der Waals surface area contributed by atoms with Crippen LogP contribution in [0.4, 0.5) is 0 Å². The van der Waals surface area contributed by atoms with Crippen LogP contribution in [-0.2, 0) is 18.4 Å². The number of hydrogen-bond acceptors (Lipinski definition) is 3. The second-order valence-electron chi connectivity index (χ2n) is 7.75. The van der Waals surface area contributed by atoms with Gasteiger partial charge in [0.25, 0.3) is 5.91 Å². The number of nitrogens with one attached hydrogen (secondary N) is 1. The van der Waals surface area contributed by atoms with Crippen LogP contribution in [0.25, 0.3) is 5.65 Å². The van der Waals surface area contributed by atoms with Gasteiger partial charge in [-0.3, -0.25) is 4.79 Å². The molecule has 1 atom stereocenters. The van der Waals surface area contributed by atoms with Crippen molar-refractivity contribution in [2.45, 2.75) is 51.6 Å². The van der Waals surface area contributed by atoms with E-state index < -0.39 is 0 Å². The van der Waals surface area contributed by atoms with E-state index in [4.69, 9.17) is 4.98 Å². The number of pyridine rings is 1. The number of hydrogen-bond donors (Lipinski definition) is 1. The van der Waals surface area contributed by atoms with E-state index in [1.807, 2.05) is 28.8 Å². The van der Waals surface area contributed by atoms with Gasteiger partial charge in [-0.15, -0.1) is 0 Å². The summed E-state index contributed by atoms with van der Waals surface area (Å²) in [6, 6.07) is 5.83. The highest BCUT2D eigenvalue weighted by Crippen LogP contribution is 2.24. The molecule has 4 rings (SSSR count). The number of rotatable bonds is 2. The maximum absolute atomic E-state index is 12.5. The summed E-state index contributed by atoms with van der Waals surface area (Å²) in [5, 5.41) is 3.12. The van der Waals surface area contributed by atoms with Crippen molar-refractivity contribution in [1.29, 1.82) is 0 Å². The third-order valence-corrected chi connectivity index (χ3v) is 4.69. The Hall–Kier alpha value is -2.63. The Kier molecular flexibility index (Phi) is 3.63. The number of amides is 1. The highest BCUT2D eigenvalue weighted by molar-refractivity contribution is 5.93. The molecule has 4 heterocycles. The van der Waals surface area contributed by atoms with E-state index in [9.17, 15) is 4.79 Å². The molecule has 0 aliphatic carbocycles. The monoisotopic (exact) mass is 337 g/mol. The number of nitrogens with zero attached hydrogens (tertiary/aromatic N) is 4. The summed E-state index contributed by atoms with van der Waals surface area (Å²) in [6.45, 7) is 7.27. The molecule has 1 N–H and O–H groups in total. The van der Waals surface area contributed by atoms with E-state index in [1.165, 1.54) is 0 Å². The molecular formula is C19H23N5O. The van der Waals surface area contributed by atoms with Gasteiger partial charge in [0.05, 0.1) is 5.69 Å². The second-order valence-corrected chi connectivity index (χ2v) is 7.75. The average Bonchev–Trinajstić information content (AvgIpc) is 3.18. The van der Waals surface area contributed by atoms with Crippen LogP contribution in [0, 0.1) is 0 Å². The molecule has 0 spiro atoms. The van der Waals surface area contributed by atoms with Gasteiger partial charge in [-0.2, -0.15) is 0 Å². The van der Waals surface area contributed by atoms with Crippen LogP contribution >= 0.6 is 0 Å². The fraction of sp³-hybridized carbons (Fsp3) is 0.421. The van der Waals surface area contributed by atoms with Gasteiger partial charge in [0.15, 0.2) is 0 Å². The largest absolute Gasteiger partial charge is 0.346 e. The van der Waals surface area contributed by atoms with Gasteiger partial charge in [0.1, 0.15) is 17.2 Å². The van der Waals surface area contributed by atoms with Gasteiger partial charge in [-0.1, -0.05) is 26.8 Å². The second kappa shape index (κ2) is 5.72. The summed E-state index contributed by atoms with van der Waals surface area (Å²) in [6.07, 6.45) is 7.57. The lowest BCUT2D eigenvalue weighted by molar-refractivity contribution is 0.0923. The fourth-order valence-corrected chi connectivity index (χ4v) is 3.23.